The van der Waals surface area contributed by atoms with Crippen molar-refractivity contribution in [3.05, 3.63) is 24.3 Å². The van der Waals surface area contributed by atoms with Gasteiger partial charge < -0.3 is 19.7 Å². The summed E-state index contributed by atoms with van der Waals surface area (Å²) in [4.78, 5) is 14.0. The lowest BCUT2D eigenvalue weighted by Crippen LogP contribution is -2.37. The van der Waals surface area contributed by atoms with Crippen molar-refractivity contribution in [2.75, 3.05) is 34.3 Å². The molecule has 5 nitrogen and oxygen atoms in total. The fourth-order valence-electron chi connectivity index (χ4n) is 1.68. The molecule has 0 radical (unpaired) electrons. The molecule has 0 aromatic heterocycles. The van der Waals surface area contributed by atoms with Crippen molar-refractivity contribution < 1.29 is 14.3 Å². The van der Waals surface area contributed by atoms with Gasteiger partial charge >= 0.3 is 0 Å². The van der Waals surface area contributed by atoms with Crippen LogP contribution in [0.5, 0.6) is 11.5 Å². The summed E-state index contributed by atoms with van der Waals surface area (Å²) in [7, 11) is 5.62. The summed E-state index contributed by atoms with van der Waals surface area (Å²) in [5.41, 5.74) is 0. The smallest absolute Gasteiger partial charge is 0.260 e. The second-order valence-electron chi connectivity index (χ2n) is 4.89. The third kappa shape index (κ3) is 5.93. The van der Waals surface area contributed by atoms with Gasteiger partial charge in [0.15, 0.2) is 6.10 Å². The molecule has 1 atom stereocenters. The molecule has 0 aliphatic carbocycles. The Balaban J connectivity index is 2.37. The largest absolute Gasteiger partial charge is 0.497 e. The minimum Gasteiger partial charge on any atom is -0.497 e. The quantitative estimate of drug-likeness (QED) is 0.734. The topological polar surface area (TPSA) is 50.8 Å². The molecule has 0 saturated carbocycles. The maximum Gasteiger partial charge on any atom is 0.260 e. The number of carbonyl (C=O) groups is 1. The van der Waals surface area contributed by atoms with Crippen LogP contribution in [-0.2, 0) is 4.79 Å². The maximum atomic E-state index is 11.9. The van der Waals surface area contributed by atoms with E-state index in [1.807, 2.05) is 26.2 Å². The minimum absolute atomic E-state index is 0.105. The monoisotopic (exact) mass is 280 g/mol. The van der Waals surface area contributed by atoms with Crippen molar-refractivity contribution in [3.63, 3.8) is 0 Å². The van der Waals surface area contributed by atoms with Crippen LogP contribution < -0.4 is 14.8 Å². The third-order valence-electron chi connectivity index (χ3n) is 2.80. The number of amides is 1. The summed E-state index contributed by atoms with van der Waals surface area (Å²) in [6.45, 7) is 3.34. The summed E-state index contributed by atoms with van der Waals surface area (Å²) in [5.74, 6) is 1.23. The van der Waals surface area contributed by atoms with Crippen molar-refractivity contribution in [3.8, 4) is 11.5 Å². The Morgan fingerprint density at radius 3 is 2.70 bits per heavy atom. The van der Waals surface area contributed by atoms with Gasteiger partial charge in [0.2, 0.25) is 0 Å². The van der Waals surface area contributed by atoms with Crippen molar-refractivity contribution in [2.24, 2.45) is 0 Å². The lowest BCUT2D eigenvalue weighted by Gasteiger charge is -2.16. The van der Waals surface area contributed by atoms with E-state index in [0.29, 0.717) is 18.0 Å². The summed E-state index contributed by atoms with van der Waals surface area (Å²) < 4.78 is 10.7. The zero-order valence-corrected chi connectivity index (χ0v) is 12.7. The maximum absolute atomic E-state index is 11.9. The van der Waals surface area contributed by atoms with Crippen molar-refractivity contribution in [1.29, 1.82) is 0 Å². The Kier molecular flexibility index (Phi) is 6.87. The highest BCUT2D eigenvalue weighted by atomic mass is 16.5. The van der Waals surface area contributed by atoms with Gasteiger partial charge in [0.1, 0.15) is 11.5 Å². The van der Waals surface area contributed by atoms with Crippen LogP contribution in [0.25, 0.3) is 0 Å². The fourth-order valence-corrected chi connectivity index (χ4v) is 1.68. The molecule has 0 spiro atoms. The molecule has 0 fully saturated rings. The third-order valence-corrected chi connectivity index (χ3v) is 2.80. The van der Waals surface area contributed by atoms with E-state index in [1.54, 1.807) is 26.2 Å². The highest BCUT2D eigenvalue weighted by molar-refractivity contribution is 5.80. The van der Waals surface area contributed by atoms with Gasteiger partial charge in [-0.15, -0.1) is 0 Å². The van der Waals surface area contributed by atoms with E-state index in [1.165, 1.54) is 0 Å². The molecule has 1 rings (SSSR count). The van der Waals surface area contributed by atoms with Crippen molar-refractivity contribution in [2.45, 2.75) is 19.4 Å². The van der Waals surface area contributed by atoms with E-state index >= 15 is 0 Å². The van der Waals surface area contributed by atoms with Gasteiger partial charge in [-0.1, -0.05) is 6.07 Å². The molecule has 0 bridgehead atoms. The first-order valence-corrected chi connectivity index (χ1v) is 6.76. The summed E-state index contributed by atoms with van der Waals surface area (Å²) in [6, 6.07) is 7.23. The molecule has 0 saturated heterocycles. The van der Waals surface area contributed by atoms with E-state index < -0.39 is 6.10 Å². The van der Waals surface area contributed by atoms with E-state index in [2.05, 4.69) is 10.2 Å². The Hall–Kier alpha value is -1.75. The molecule has 0 unspecified atom stereocenters. The van der Waals surface area contributed by atoms with E-state index in [-0.39, 0.29) is 5.91 Å². The molecular formula is C15H24N2O3. The highest BCUT2D eigenvalue weighted by Gasteiger charge is 2.14. The molecule has 1 aromatic rings. The van der Waals surface area contributed by atoms with Crippen LogP contribution in [0.2, 0.25) is 0 Å². The molecule has 112 valence electrons. The molecule has 1 N–H and O–H groups in total. The first kappa shape index (κ1) is 16.3. The van der Waals surface area contributed by atoms with Gasteiger partial charge in [0.25, 0.3) is 5.91 Å². The number of nitrogens with zero attached hydrogens (tertiary/aromatic N) is 1. The van der Waals surface area contributed by atoms with Crippen LogP contribution in [-0.4, -0.2) is 51.2 Å². The Morgan fingerprint density at radius 1 is 1.35 bits per heavy atom. The van der Waals surface area contributed by atoms with Crippen LogP contribution in [0.15, 0.2) is 24.3 Å². The van der Waals surface area contributed by atoms with Crippen LogP contribution in [0.3, 0.4) is 0 Å². The highest BCUT2D eigenvalue weighted by Crippen LogP contribution is 2.19. The standard InChI is InChI=1S/C15H24N2O3/c1-12(15(18)16-9-6-10-17(2)3)20-14-8-5-7-13(11-14)19-4/h5,7-8,11-12H,6,9-10H2,1-4H3,(H,16,18)/t12-/m0/s1. The van der Waals surface area contributed by atoms with E-state index in [9.17, 15) is 4.79 Å². The van der Waals surface area contributed by atoms with Crippen LogP contribution >= 0.6 is 0 Å². The lowest BCUT2D eigenvalue weighted by molar-refractivity contribution is -0.127. The second kappa shape index (κ2) is 8.43. The van der Waals surface area contributed by atoms with Crippen LogP contribution in [0.1, 0.15) is 13.3 Å². The summed E-state index contributed by atoms with van der Waals surface area (Å²) in [5, 5.41) is 2.86. The van der Waals surface area contributed by atoms with Crippen molar-refractivity contribution in [1.82, 2.24) is 10.2 Å². The first-order valence-electron chi connectivity index (χ1n) is 6.76. The molecule has 5 heteroatoms. The van der Waals surface area contributed by atoms with E-state index in [4.69, 9.17) is 9.47 Å². The predicted octanol–water partition coefficient (Wildman–Crippen LogP) is 1.53. The molecule has 1 amide bonds. The van der Waals surface area contributed by atoms with Gasteiger partial charge in [-0.2, -0.15) is 0 Å². The number of methoxy groups -OCH3 is 1. The SMILES string of the molecule is COc1cccc(O[C@@H](C)C(=O)NCCCN(C)C)c1. The van der Waals surface area contributed by atoms with Gasteiger partial charge in [0, 0.05) is 12.6 Å². The summed E-state index contributed by atoms with van der Waals surface area (Å²) in [6.07, 6.45) is 0.395. The van der Waals surface area contributed by atoms with Gasteiger partial charge in [-0.3, -0.25) is 4.79 Å². The molecule has 0 heterocycles. The lowest BCUT2D eigenvalue weighted by atomic mass is 10.3. The van der Waals surface area contributed by atoms with E-state index in [0.717, 1.165) is 13.0 Å². The number of rotatable bonds is 8. The normalized spacial score (nSPS) is 12.1. The average Bonchev–Trinajstić information content (AvgIpc) is 2.43. The Morgan fingerprint density at radius 2 is 2.05 bits per heavy atom. The number of hydrogen-bond acceptors (Lipinski definition) is 4. The Bertz CT molecular complexity index is 421. The fraction of sp³-hybridized carbons (Fsp3) is 0.533. The van der Waals surface area contributed by atoms with Gasteiger partial charge in [0.05, 0.1) is 7.11 Å². The number of ether oxygens (including phenoxy) is 2. The molecular weight excluding hydrogens is 256 g/mol. The first-order chi connectivity index (χ1) is 9.52. The number of benzene rings is 1. The molecule has 0 aliphatic heterocycles. The number of hydrogen-bond donors (Lipinski definition) is 1. The van der Waals surface area contributed by atoms with Crippen molar-refractivity contribution >= 4 is 5.91 Å². The van der Waals surface area contributed by atoms with Gasteiger partial charge in [-0.25, -0.2) is 0 Å². The molecule has 0 aliphatic rings. The zero-order valence-electron chi connectivity index (χ0n) is 12.7. The second-order valence-corrected chi connectivity index (χ2v) is 4.89. The summed E-state index contributed by atoms with van der Waals surface area (Å²) >= 11 is 0. The molecule has 20 heavy (non-hydrogen) atoms. The van der Waals surface area contributed by atoms with Crippen LogP contribution in [0, 0.1) is 0 Å². The molecule has 1 aromatic carbocycles. The Labute approximate surface area is 120 Å². The van der Waals surface area contributed by atoms with Crippen LogP contribution in [0.4, 0.5) is 0 Å². The minimum atomic E-state index is -0.526. The predicted molar refractivity (Wildman–Crippen MR) is 79.3 cm³/mol. The zero-order chi connectivity index (χ0) is 15.0. The average molecular weight is 280 g/mol. The number of nitrogens with one attached hydrogen (secondary N) is 1. The van der Waals surface area contributed by atoms with Gasteiger partial charge in [-0.05, 0) is 46.1 Å². The number of carbonyl (C=O) groups excluding carboxylic acids is 1.